The van der Waals surface area contributed by atoms with Gasteiger partial charge in [-0.25, -0.2) is 4.98 Å². The Hall–Kier alpha value is -3.89. The summed E-state index contributed by atoms with van der Waals surface area (Å²) in [5.74, 6) is 0.866. The van der Waals surface area contributed by atoms with E-state index in [1.54, 1.807) is 0 Å². The lowest BCUT2D eigenvalue weighted by Crippen LogP contribution is -2.48. The van der Waals surface area contributed by atoms with Crippen molar-refractivity contribution in [1.82, 2.24) is 9.55 Å². The van der Waals surface area contributed by atoms with E-state index < -0.39 is 8.80 Å². The Morgan fingerprint density at radius 2 is 1.24 bits per heavy atom. The molecule has 1 atom stereocenters. The van der Waals surface area contributed by atoms with Gasteiger partial charge in [-0.15, -0.1) is 0 Å². The molecule has 5 aromatic rings. The van der Waals surface area contributed by atoms with Crippen LogP contribution in [0.2, 0.25) is 18.4 Å². The van der Waals surface area contributed by atoms with E-state index in [1.807, 2.05) is 12.5 Å². The summed E-state index contributed by atoms with van der Waals surface area (Å²) in [6.45, 7) is 5.28. The van der Waals surface area contributed by atoms with E-state index in [2.05, 4.69) is 163 Å². The van der Waals surface area contributed by atoms with Crippen LogP contribution in [-0.2, 0) is 5.16 Å². The summed E-state index contributed by atoms with van der Waals surface area (Å²) >= 11 is 0. The molecule has 1 aliphatic carbocycles. The molecule has 1 aliphatic rings. The maximum atomic E-state index is 4.39. The standard InChI is InChI=1S/C22H26N2Si.C15H15B/c1-3-4-11-18-25(2)22(24-17-16-23-19-24,20-12-7-5-8-13-20)21-14-9-6-10-15-21;1-3-7-13(8-4-1)16(15-11-12-15)14-9-5-2-6-10-14/h4-17,19,25H,3,18H2,1-2H3;1-10,15H,11-12H2. The van der Waals surface area contributed by atoms with Gasteiger partial charge in [0.1, 0.15) is 0 Å². The van der Waals surface area contributed by atoms with Gasteiger partial charge in [-0.2, -0.15) is 0 Å². The van der Waals surface area contributed by atoms with Crippen LogP contribution in [0.1, 0.15) is 37.3 Å². The SMILES string of the molecule is CCC=CC[SiH](C)C(c1ccccc1)(c1ccccc1)n1ccnc1.c1ccc(B(c2ccccc2)C2CC2)cc1. The Bertz CT molecular complexity index is 1370. The molecule has 0 N–H and O–H groups in total. The first-order valence-corrected chi connectivity index (χ1v) is 17.6. The fourth-order valence-electron chi connectivity index (χ4n) is 6.27. The molecule has 2 nitrogen and oxygen atoms in total. The maximum Gasteiger partial charge on any atom is 0.212 e. The van der Waals surface area contributed by atoms with Crippen LogP contribution in [0, 0.1) is 0 Å². The summed E-state index contributed by atoms with van der Waals surface area (Å²) in [6, 6.07) is 44.8. The van der Waals surface area contributed by atoms with Crippen molar-refractivity contribution >= 4 is 26.4 Å². The number of allylic oxidation sites excluding steroid dienone is 2. The second-order valence-electron chi connectivity index (χ2n) is 11.1. The van der Waals surface area contributed by atoms with Gasteiger partial charge >= 0.3 is 0 Å². The molecule has 6 rings (SSSR count). The summed E-state index contributed by atoms with van der Waals surface area (Å²) in [7, 11) is -1.29. The van der Waals surface area contributed by atoms with Crippen molar-refractivity contribution < 1.29 is 0 Å². The zero-order chi connectivity index (χ0) is 28.3. The molecular formula is C37H41BN2Si. The number of aromatic nitrogens is 2. The van der Waals surface area contributed by atoms with Crippen LogP contribution in [-0.4, -0.2) is 25.1 Å². The molecule has 1 fully saturated rings. The molecule has 0 radical (unpaired) electrons. The Morgan fingerprint density at radius 3 is 1.66 bits per heavy atom. The van der Waals surface area contributed by atoms with E-state index in [0.717, 1.165) is 18.3 Å². The molecule has 0 spiro atoms. The Labute approximate surface area is 248 Å². The number of rotatable bonds is 10. The lowest BCUT2D eigenvalue weighted by molar-refractivity contribution is 0.583. The van der Waals surface area contributed by atoms with Gasteiger partial charge in [0, 0.05) is 12.4 Å². The third-order valence-corrected chi connectivity index (χ3v) is 11.7. The quantitative estimate of drug-likeness (QED) is 0.130. The van der Waals surface area contributed by atoms with Gasteiger partial charge < -0.3 is 4.57 Å². The zero-order valence-electron chi connectivity index (χ0n) is 24.4. The maximum absolute atomic E-state index is 4.39. The zero-order valence-corrected chi connectivity index (χ0v) is 25.5. The Balaban J connectivity index is 0.000000181. The number of benzene rings is 4. The van der Waals surface area contributed by atoms with Gasteiger partial charge in [-0.1, -0.05) is 177 Å². The molecule has 0 bridgehead atoms. The first kappa shape index (κ1) is 28.6. The third kappa shape index (κ3) is 6.71. The number of hydrogen-bond donors (Lipinski definition) is 0. The van der Waals surface area contributed by atoms with Crippen LogP contribution in [0.3, 0.4) is 0 Å². The molecule has 1 saturated carbocycles. The van der Waals surface area contributed by atoms with E-state index >= 15 is 0 Å². The number of hydrogen-bond acceptors (Lipinski definition) is 1. The molecule has 1 aromatic heterocycles. The molecular weight excluding hydrogens is 511 g/mol. The van der Waals surface area contributed by atoms with Gasteiger partial charge in [0.25, 0.3) is 0 Å². The fraction of sp³-hybridized carbons (Fsp3) is 0.216. The fourth-order valence-corrected chi connectivity index (χ4v) is 9.39. The Kier molecular flexibility index (Phi) is 9.88. The van der Waals surface area contributed by atoms with Crippen molar-refractivity contribution in [3.63, 3.8) is 0 Å². The van der Waals surface area contributed by atoms with Crippen LogP contribution in [0.15, 0.2) is 152 Å². The molecule has 4 heteroatoms. The van der Waals surface area contributed by atoms with Crippen LogP contribution >= 0.6 is 0 Å². The van der Waals surface area contributed by atoms with Crippen LogP contribution < -0.4 is 10.9 Å². The molecule has 41 heavy (non-hydrogen) atoms. The minimum absolute atomic E-state index is 0.142. The second-order valence-corrected chi connectivity index (χ2v) is 14.2. The predicted molar refractivity (Wildman–Crippen MR) is 179 cm³/mol. The van der Waals surface area contributed by atoms with E-state index in [4.69, 9.17) is 0 Å². The molecule has 206 valence electrons. The van der Waals surface area contributed by atoms with Crippen molar-refractivity contribution in [1.29, 1.82) is 0 Å². The monoisotopic (exact) mass is 552 g/mol. The van der Waals surface area contributed by atoms with Gasteiger partial charge in [-0.3, -0.25) is 0 Å². The van der Waals surface area contributed by atoms with Gasteiger partial charge in [0.15, 0.2) is 0 Å². The predicted octanol–water partition coefficient (Wildman–Crippen LogP) is 7.50. The van der Waals surface area contributed by atoms with E-state index in [-0.39, 0.29) is 5.16 Å². The summed E-state index contributed by atoms with van der Waals surface area (Å²) < 4.78 is 2.33. The van der Waals surface area contributed by atoms with Crippen molar-refractivity contribution in [3.8, 4) is 0 Å². The molecule has 0 amide bonds. The summed E-state index contributed by atoms with van der Waals surface area (Å²) in [6.07, 6.45) is 14.5. The second kappa shape index (κ2) is 14.1. The van der Waals surface area contributed by atoms with Crippen LogP contribution in [0.25, 0.3) is 0 Å². The van der Waals surface area contributed by atoms with E-state index in [0.29, 0.717) is 6.71 Å². The lowest BCUT2D eigenvalue weighted by atomic mass is 9.37. The van der Waals surface area contributed by atoms with Gasteiger partial charge in [-0.05, 0) is 23.6 Å². The summed E-state index contributed by atoms with van der Waals surface area (Å²) in [5, 5.41) is -0.142. The van der Waals surface area contributed by atoms with E-state index in [9.17, 15) is 0 Å². The highest BCUT2D eigenvalue weighted by atomic mass is 28.3. The molecule has 1 heterocycles. The lowest BCUT2D eigenvalue weighted by Gasteiger charge is -2.41. The van der Waals surface area contributed by atoms with Gasteiger partial charge in [0.2, 0.25) is 6.71 Å². The van der Waals surface area contributed by atoms with Crippen molar-refractivity contribution in [2.24, 2.45) is 0 Å². The van der Waals surface area contributed by atoms with Gasteiger partial charge in [0.05, 0.1) is 20.3 Å². The molecule has 0 aliphatic heterocycles. The number of imidazole rings is 1. The number of nitrogens with zero attached hydrogens (tertiary/aromatic N) is 2. The smallest absolute Gasteiger partial charge is 0.212 e. The van der Waals surface area contributed by atoms with Crippen molar-refractivity contribution in [2.75, 3.05) is 0 Å². The molecule has 0 saturated heterocycles. The first-order chi connectivity index (χ1) is 20.2. The minimum atomic E-state index is -1.29. The summed E-state index contributed by atoms with van der Waals surface area (Å²) in [5.41, 5.74) is 5.64. The summed E-state index contributed by atoms with van der Waals surface area (Å²) in [4.78, 5) is 4.39. The van der Waals surface area contributed by atoms with Crippen molar-refractivity contribution in [2.45, 2.75) is 49.8 Å². The minimum Gasteiger partial charge on any atom is -0.326 e. The Morgan fingerprint density at radius 1 is 0.756 bits per heavy atom. The highest BCUT2D eigenvalue weighted by Crippen LogP contribution is 2.39. The highest BCUT2D eigenvalue weighted by Gasteiger charge is 2.41. The average Bonchev–Trinajstić information content (AvgIpc) is 3.72. The third-order valence-electron chi connectivity index (χ3n) is 8.36. The topological polar surface area (TPSA) is 17.8 Å². The van der Waals surface area contributed by atoms with Crippen molar-refractivity contribution in [3.05, 3.63) is 163 Å². The first-order valence-electron chi connectivity index (χ1n) is 15.1. The molecule has 1 unspecified atom stereocenters. The average molecular weight is 553 g/mol. The van der Waals surface area contributed by atoms with Crippen LogP contribution in [0.4, 0.5) is 0 Å². The van der Waals surface area contributed by atoms with E-state index in [1.165, 1.54) is 34.9 Å². The largest absolute Gasteiger partial charge is 0.326 e. The molecule has 4 aromatic carbocycles. The highest BCUT2D eigenvalue weighted by molar-refractivity contribution is 6.86. The van der Waals surface area contributed by atoms with Crippen LogP contribution in [0.5, 0.6) is 0 Å². The normalized spacial score (nSPS) is 13.8.